The molecule has 0 heterocycles. The van der Waals surface area contributed by atoms with Crippen molar-refractivity contribution in [2.45, 2.75) is 45.4 Å². The summed E-state index contributed by atoms with van der Waals surface area (Å²) >= 11 is 5.01. The fraction of sp³-hybridized carbons (Fsp3) is 0.467. The molecule has 1 amide bonds. The van der Waals surface area contributed by atoms with Crippen LogP contribution < -0.4 is 10.6 Å². The van der Waals surface area contributed by atoms with Crippen molar-refractivity contribution < 1.29 is 9.18 Å². The van der Waals surface area contributed by atoms with Crippen LogP contribution in [0.4, 0.5) is 10.1 Å². The second-order valence-electron chi connectivity index (χ2n) is 4.68. The second-order valence-corrected chi connectivity index (χ2v) is 5.09. The van der Waals surface area contributed by atoms with Crippen molar-refractivity contribution in [3.8, 4) is 0 Å². The molecular formula is C15H21FN2OS. The van der Waals surface area contributed by atoms with Gasteiger partial charge >= 0.3 is 0 Å². The number of hydrogen-bond acceptors (Lipinski definition) is 2. The Morgan fingerprint density at radius 1 is 1.25 bits per heavy atom. The van der Waals surface area contributed by atoms with E-state index >= 15 is 0 Å². The van der Waals surface area contributed by atoms with Crippen LogP contribution in [0.2, 0.25) is 0 Å². The summed E-state index contributed by atoms with van der Waals surface area (Å²) < 4.78 is 13.0. The molecule has 0 aliphatic rings. The van der Waals surface area contributed by atoms with Crippen LogP contribution in [0.5, 0.6) is 0 Å². The van der Waals surface area contributed by atoms with Gasteiger partial charge in [0.2, 0.25) is 5.91 Å². The molecule has 0 spiro atoms. The highest BCUT2D eigenvalue weighted by molar-refractivity contribution is 7.80. The van der Waals surface area contributed by atoms with E-state index in [1.165, 1.54) is 25.0 Å². The van der Waals surface area contributed by atoms with Gasteiger partial charge in [0.05, 0.1) is 0 Å². The fourth-order valence-corrected chi connectivity index (χ4v) is 2.04. The van der Waals surface area contributed by atoms with E-state index in [0.29, 0.717) is 12.1 Å². The minimum absolute atomic E-state index is 0.101. The minimum atomic E-state index is -0.347. The number of amides is 1. The number of carbonyl (C=O) groups is 1. The highest BCUT2D eigenvalue weighted by Crippen LogP contribution is 2.09. The summed E-state index contributed by atoms with van der Waals surface area (Å²) in [6.45, 7) is 2.16. The highest BCUT2D eigenvalue weighted by atomic mass is 32.1. The summed E-state index contributed by atoms with van der Waals surface area (Å²) in [6.07, 6.45) is 5.96. The van der Waals surface area contributed by atoms with Gasteiger partial charge in [-0.15, -0.1) is 0 Å². The number of rotatable bonds is 7. The molecular weight excluding hydrogens is 275 g/mol. The maximum atomic E-state index is 13.0. The Balaban J connectivity index is 2.23. The van der Waals surface area contributed by atoms with Gasteiger partial charge in [-0.05, 0) is 36.8 Å². The first-order chi connectivity index (χ1) is 9.61. The first kappa shape index (κ1) is 16.6. The summed E-state index contributed by atoms with van der Waals surface area (Å²) in [4.78, 5) is 11.6. The van der Waals surface area contributed by atoms with Crippen molar-refractivity contribution in [3.63, 3.8) is 0 Å². The fourth-order valence-electron chi connectivity index (χ4n) is 1.81. The van der Waals surface area contributed by atoms with Crippen molar-refractivity contribution >= 4 is 28.9 Å². The Morgan fingerprint density at radius 2 is 2.00 bits per heavy atom. The molecule has 0 aromatic heterocycles. The monoisotopic (exact) mass is 296 g/mol. The van der Waals surface area contributed by atoms with Crippen LogP contribution in [-0.4, -0.2) is 11.0 Å². The van der Waals surface area contributed by atoms with Gasteiger partial charge in [-0.25, -0.2) is 4.39 Å². The maximum absolute atomic E-state index is 13.0. The molecule has 3 nitrogen and oxygen atoms in total. The lowest BCUT2D eigenvalue weighted by Gasteiger charge is -2.09. The third kappa shape index (κ3) is 7.19. The van der Waals surface area contributed by atoms with E-state index in [4.69, 9.17) is 12.2 Å². The summed E-state index contributed by atoms with van der Waals surface area (Å²) in [5, 5.41) is 5.58. The Labute approximate surface area is 125 Å². The molecule has 1 aromatic carbocycles. The molecule has 0 atom stereocenters. The largest absolute Gasteiger partial charge is 0.332 e. The molecule has 5 heteroatoms. The van der Waals surface area contributed by atoms with Crippen molar-refractivity contribution in [3.05, 3.63) is 30.1 Å². The van der Waals surface area contributed by atoms with E-state index < -0.39 is 0 Å². The normalized spacial score (nSPS) is 10.1. The van der Waals surface area contributed by atoms with Crippen LogP contribution in [0.3, 0.4) is 0 Å². The molecule has 0 saturated carbocycles. The van der Waals surface area contributed by atoms with Gasteiger partial charge < -0.3 is 10.6 Å². The Hall–Kier alpha value is -1.49. The molecule has 0 radical (unpaired) electrons. The molecule has 0 aliphatic heterocycles. The first-order valence-electron chi connectivity index (χ1n) is 6.98. The molecule has 1 rings (SSSR count). The van der Waals surface area contributed by atoms with E-state index in [2.05, 4.69) is 17.6 Å². The van der Waals surface area contributed by atoms with E-state index in [-0.39, 0.29) is 16.8 Å². The molecule has 1 aromatic rings. The number of unbranched alkanes of at least 4 members (excludes halogenated alkanes) is 4. The second kappa shape index (κ2) is 9.42. The summed E-state index contributed by atoms with van der Waals surface area (Å²) in [7, 11) is 0. The number of carbonyl (C=O) groups excluding carboxylic acids is 1. The average Bonchev–Trinajstić information content (AvgIpc) is 2.38. The third-order valence-corrected chi connectivity index (χ3v) is 3.05. The Kier molecular flexibility index (Phi) is 7.80. The predicted molar refractivity (Wildman–Crippen MR) is 84.1 cm³/mol. The number of benzene rings is 1. The summed E-state index contributed by atoms with van der Waals surface area (Å²) in [5.41, 5.74) is 0.526. The van der Waals surface area contributed by atoms with Crippen molar-refractivity contribution in [2.24, 2.45) is 0 Å². The van der Waals surface area contributed by atoms with E-state index in [9.17, 15) is 9.18 Å². The molecule has 20 heavy (non-hydrogen) atoms. The average molecular weight is 296 g/mol. The van der Waals surface area contributed by atoms with Crippen LogP contribution in [0.25, 0.3) is 0 Å². The standard InChI is InChI=1S/C15H21FN2OS/c1-2-3-4-5-6-10-14(19)18-15(20)17-13-9-7-8-12(16)11-13/h7-9,11H,2-6,10H2,1H3,(H2,17,18,19,20). The van der Waals surface area contributed by atoms with Crippen LogP contribution >= 0.6 is 12.2 Å². The molecule has 0 saturated heterocycles. The zero-order valence-electron chi connectivity index (χ0n) is 11.7. The van der Waals surface area contributed by atoms with Crippen molar-refractivity contribution in [1.82, 2.24) is 5.32 Å². The van der Waals surface area contributed by atoms with Gasteiger partial charge in [0.15, 0.2) is 5.11 Å². The molecule has 110 valence electrons. The molecule has 0 fully saturated rings. The zero-order valence-corrected chi connectivity index (χ0v) is 12.6. The van der Waals surface area contributed by atoms with Crippen LogP contribution in [0, 0.1) is 5.82 Å². The van der Waals surface area contributed by atoms with Crippen molar-refractivity contribution in [1.29, 1.82) is 0 Å². The molecule has 0 aliphatic carbocycles. The Morgan fingerprint density at radius 3 is 2.70 bits per heavy atom. The number of anilines is 1. The van der Waals surface area contributed by atoms with Gasteiger partial charge in [0.1, 0.15) is 5.82 Å². The van der Waals surface area contributed by atoms with Crippen molar-refractivity contribution in [2.75, 3.05) is 5.32 Å². The minimum Gasteiger partial charge on any atom is -0.332 e. The maximum Gasteiger partial charge on any atom is 0.226 e. The van der Waals surface area contributed by atoms with Crippen LogP contribution in [0.1, 0.15) is 45.4 Å². The van der Waals surface area contributed by atoms with Crippen LogP contribution in [-0.2, 0) is 4.79 Å². The van der Waals surface area contributed by atoms with E-state index in [1.807, 2.05) is 0 Å². The predicted octanol–water partition coefficient (Wildman–Crippen LogP) is 4.00. The number of thiocarbonyl (C=S) groups is 1. The van der Waals surface area contributed by atoms with Gasteiger partial charge in [0.25, 0.3) is 0 Å². The number of nitrogens with one attached hydrogen (secondary N) is 2. The molecule has 0 unspecified atom stereocenters. The van der Waals surface area contributed by atoms with Crippen LogP contribution in [0.15, 0.2) is 24.3 Å². The van der Waals surface area contributed by atoms with Gasteiger partial charge in [-0.3, -0.25) is 4.79 Å². The molecule has 0 bridgehead atoms. The lowest BCUT2D eigenvalue weighted by atomic mass is 10.1. The first-order valence-corrected chi connectivity index (χ1v) is 7.39. The summed E-state index contributed by atoms with van der Waals surface area (Å²) in [6, 6.07) is 5.94. The number of hydrogen-bond donors (Lipinski definition) is 2. The Bertz CT molecular complexity index is 451. The summed E-state index contributed by atoms with van der Waals surface area (Å²) in [5.74, 6) is -0.449. The SMILES string of the molecule is CCCCCCCC(=O)NC(=S)Nc1cccc(F)c1. The van der Waals surface area contributed by atoms with Gasteiger partial charge in [0, 0.05) is 12.1 Å². The molecule has 2 N–H and O–H groups in total. The topological polar surface area (TPSA) is 41.1 Å². The lowest BCUT2D eigenvalue weighted by molar-refractivity contribution is -0.119. The quantitative estimate of drug-likeness (QED) is 0.590. The highest BCUT2D eigenvalue weighted by Gasteiger charge is 2.05. The lowest BCUT2D eigenvalue weighted by Crippen LogP contribution is -2.33. The van der Waals surface area contributed by atoms with E-state index in [1.54, 1.807) is 12.1 Å². The van der Waals surface area contributed by atoms with Gasteiger partial charge in [-0.1, -0.05) is 38.7 Å². The third-order valence-electron chi connectivity index (χ3n) is 2.84. The van der Waals surface area contributed by atoms with Gasteiger partial charge in [-0.2, -0.15) is 0 Å². The number of halogens is 1. The smallest absolute Gasteiger partial charge is 0.226 e. The van der Waals surface area contributed by atoms with E-state index in [0.717, 1.165) is 19.3 Å². The zero-order chi connectivity index (χ0) is 14.8.